The monoisotopic (exact) mass is 384 g/mol. The van der Waals surface area contributed by atoms with Crippen molar-refractivity contribution in [2.24, 2.45) is 11.8 Å². The van der Waals surface area contributed by atoms with E-state index in [1.54, 1.807) is 5.38 Å². The third-order valence-electron chi connectivity index (χ3n) is 5.82. The van der Waals surface area contributed by atoms with Gasteiger partial charge in [0.25, 0.3) is 5.91 Å². The molecule has 2 aliphatic rings. The minimum atomic E-state index is -0.0609. The molecule has 6 nitrogen and oxygen atoms in total. The topological polar surface area (TPSA) is 79.5 Å². The molecule has 0 aliphatic carbocycles. The Bertz CT molecular complexity index is 880. The van der Waals surface area contributed by atoms with Gasteiger partial charge in [-0.1, -0.05) is 31.2 Å². The number of benzene rings is 1. The van der Waals surface area contributed by atoms with Crippen LogP contribution in [0.1, 0.15) is 41.0 Å². The van der Waals surface area contributed by atoms with Gasteiger partial charge in [-0.25, -0.2) is 4.98 Å². The standard InChI is InChI=1S/C20H24N4O2S/c1-3-17(25)24-9-13-8-23(19(26)16-11-27-20(21)22-16)10-15(13)18(24)14-7-5-4-6-12(14)2/h4-7,11,13,15,18H,3,8-10H2,1-2H3,(H2,21,22)/t13-,15-,18+/m0/s1. The summed E-state index contributed by atoms with van der Waals surface area (Å²) in [6.07, 6.45) is 0.503. The first-order valence-corrected chi connectivity index (χ1v) is 10.2. The molecular formula is C20H24N4O2S. The Hall–Kier alpha value is -2.41. The first-order chi connectivity index (χ1) is 13.0. The van der Waals surface area contributed by atoms with E-state index in [2.05, 4.69) is 24.0 Å². The third kappa shape index (κ3) is 3.10. The zero-order valence-electron chi connectivity index (χ0n) is 15.6. The van der Waals surface area contributed by atoms with Crippen molar-refractivity contribution in [2.45, 2.75) is 26.3 Å². The van der Waals surface area contributed by atoms with Crippen LogP contribution < -0.4 is 5.73 Å². The molecule has 0 spiro atoms. The zero-order chi connectivity index (χ0) is 19.1. The fourth-order valence-electron chi connectivity index (χ4n) is 4.54. The van der Waals surface area contributed by atoms with Crippen LogP contribution in [0.4, 0.5) is 5.13 Å². The maximum Gasteiger partial charge on any atom is 0.273 e. The van der Waals surface area contributed by atoms with E-state index in [0.717, 1.165) is 0 Å². The number of anilines is 1. The molecule has 2 aromatic rings. The van der Waals surface area contributed by atoms with Gasteiger partial charge in [-0.05, 0) is 18.1 Å². The Morgan fingerprint density at radius 3 is 2.70 bits per heavy atom. The zero-order valence-corrected chi connectivity index (χ0v) is 16.4. The van der Waals surface area contributed by atoms with Gasteiger partial charge < -0.3 is 15.5 Å². The number of nitrogen functional groups attached to an aromatic ring is 1. The number of amides is 2. The second kappa shape index (κ2) is 6.96. The molecule has 2 N–H and O–H groups in total. The second-order valence-electron chi connectivity index (χ2n) is 7.41. The van der Waals surface area contributed by atoms with Gasteiger partial charge >= 0.3 is 0 Å². The highest BCUT2D eigenvalue weighted by atomic mass is 32.1. The van der Waals surface area contributed by atoms with Crippen LogP contribution >= 0.6 is 11.3 Å². The summed E-state index contributed by atoms with van der Waals surface area (Å²) in [6, 6.07) is 8.29. The number of fused-ring (bicyclic) bond motifs is 1. The average molecular weight is 385 g/mol. The number of nitrogens with two attached hydrogens (primary N) is 1. The number of aromatic nitrogens is 1. The minimum absolute atomic E-state index is 0.0296. The number of nitrogens with zero attached hydrogens (tertiary/aromatic N) is 3. The van der Waals surface area contributed by atoms with Crippen LogP contribution in [0.2, 0.25) is 0 Å². The first-order valence-electron chi connectivity index (χ1n) is 9.34. The maximum atomic E-state index is 12.8. The molecule has 2 amide bonds. The van der Waals surface area contributed by atoms with E-state index >= 15 is 0 Å². The highest BCUT2D eigenvalue weighted by Gasteiger charge is 2.50. The Kier molecular flexibility index (Phi) is 4.63. The Labute approximate surface area is 163 Å². The lowest BCUT2D eigenvalue weighted by molar-refractivity contribution is -0.132. The van der Waals surface area contributed by atoms with E-state index in [9.17, 15) is 9.59 Å². The van der Waals surface area contributed by atoms with Gasteiger partial charge in [-0.3, -0.25) is 9.59 Å². The fraction of sp³-hybridized carbons (Fsp3) is 0.450. The third-order valence-corrected chi connectivity index (χ3v) is 6.50. The molecule has 1 aromatic carbocycles. The summed E-state index contributed by atoms with van der Waals surface area (Å²) in [5, 5.41) is 2.13. The van der Waals surface area contributed by atoms with Crippen LogP contribution in [0.3, 0.4) is 0 Å². The van der Waals surface area contributed by atoms with Crippen molar-refractivity contribution >= 4 is 28.3 Å². The molecule has 142 valence electrons. The molecule has 0 unspecified atom stereocenters. The molecule has 7 heteroatoms. The molecule has 3 atom stereocenters. The molecule has 2 fully saturated rings. The van der Waals surface area contributed by atoms with Gasteiger partial charge in [0.2, 0.25) is 5.91 Å². The number of likely N-dealkylation sites (tertiary alicyclic amines) is 2. The van der Waals surface area contributed by atoms with E-state index in [0.29, 0.717) is 42.8 Å². The minimum Gasteiger partial charge on any atom is -0.375 e. The van der Waals surface area contributed by atoms with Gasteiger partial charge in [0.1, 0.15) is 5.69 Å². The quantitative estimate of drug-likeness (QED) is 0.882. The summed E-state index contributed by atoms with van der Waals surface area (Å²) in [7, 11) is 0. The number of hydrogen-bond acceptors (Lipinski definition) is 5. The van der Waals surface area contributed by atoms with E-state index in [1.807, 2.05) is 28.9 Å². The largest absolute Gasteiger partial charge is 0.375 e. The highest BCUT2D eigenvalue weighted by molar-refractivity contribution is 7.13. The summed E-state index contributed by atoms with van der Waals surface area (Å²) >= 11 is 1.29. The van der Waals surface area contributed by atoms with Gasteiger partial charge in [0, 0.05) is 43.3 Å². The predicted molar refractivity (Wildman–Crippen MR) is 105 cm³/mol. The molecule has 4 rings (SSSR count). The van der Waals surface area contributed by atoms with Crippen molar-refractivity contribution in [3.05, 3.63) is 46.5 Å². The van der Waals surface area contributed by atoms with Crippen LogP contribution in [-0.2, 0) is 4.79 Å². The number of hydrogen-bond donors (Lipinski definition) is 1. The highest BCUT2D eigenvalue weighted by Crippen LogP contribution is 2.46. The van der Waals surface area contributed by atoms with Crippen LogP contribution in [0.5, 0.6) is 0 Å². The molecule has 0 radical (unpaired) electrons. The van der Waals surface area contributed by atoms with Crippen molar-refractivity contribution in [3.63, 3.8) is 0 Å². The van der Waals surface area contributed by atoms with Crippen LogP contribution in [0.15, 0.2) is 29.6 Å². The van der Waals surface area contributed by atoms with Crippen LogP contribution in [0, 0.1) is 18.8 Å². The molecular weight excluding hydrogens is 360 g/mol. The Balaban J connectivity index is 1.62. The molecule has 3 heterocycles. The molecule has 27 heavy (non-hydrogen) atoms. The van der Waals surface area contributed by atoms with Crippen molar-refractivity contribution in [2.75, 3.05) is 25.4 Å². The number of rotatable bonds is 3. The summed E-state index contributed by atoms with van der Waals surface area (Å²) in [5.41, 5.74) is 8.49. The lowest BCUT2D eigenvalue weighted by Crippen LogP contribution is -2.37. The molecule has 0 bridgehead atoms. The van der Waals surface area contributed by atoms with Gasteiger partial charge in [-0.2, -0.15) is 0 Å². The van der Waals surface area contributed by atoms with E-state index in [1.165, 1.54) is 22.5 Å². The lowest BCUT2D eigenvalue weighted by atomic mass is 9.87. The predicted octanol–water partition coefficient (Wildman–Crippen LogP) is 2.72. The van der Waals surface area contributed by atoms with Crippen molar-refractivity contribution < 1.29 is 9.59 Å². The van der Waals surface area contributed by atoms with Crippen LogP contribution in [-0.4, -0.2) is 46.2 Å². The van der Waals surface area contributed by atoms with Crippen molar-refractivity contribution in [1.29, 1.82) is 0 Å². The Morgan fingerprint density at radius 2 is 2.04 bits per heavy atom. The number of carbonyl (C=O) groups is 2. The molecule has 2 saturated heterocycles. The van der Waals surface area contributed by atoms with E-state index < -0.39 is 0 Å². The van der Waals surface area contributed by atoms with Crippen LogP contribution in [0.25, 0.3) is 0 Å². The normalized spacial score (nSPS) is 24.3. The fourth-order valence-corrected chi connectivity index (χ4v) is 5.07. The summed E-state index contributed by atoms with van der Waals surface area (Å²) in [5.74, 6) is 0.670. The van der Waals surface area contributed by atoms with Gasteiger partial charge in [-0.15, -0.1) is 11.3 Å². The summed E-state index contributed by atoms with van der Waals surface area (Å²) in [6.45, 7) is 6.02. The lowest BCUT2D eigenvalue weighted by Gasteiger charge is -2.30. The molecule has 1 aromatic heterocycles. The Morgan fingerprint density at radius 1 is 1.26 bits per heavy atom. The van der Waals surface area contributed by atoms with E-state index in [-0.39, 0.29) is 23.8 Å². The van der Waals surface area contributed by atoms with Crippen molar-refractivity contribution in [3.8, 4) is 0 Å². The average Bonchev–Trinajstić information content (AvgIpc) is 3.35. The first kappa shape index (κ1) is 18.0. The number of thiazole rings is 1. The molecule has 0 saturated carbocycles. The SMILES string of the molecule is CCC(=O)N1C[C@@H]2CN(C(=O)c3csc(N)n3)C[C@@H]2[C@H]1c1ccccc1C. The van der Waals surface area contributed by atoms with Gasteiger partial charge in [0.15, 0.2) is 5.13 Å². The van der Waals surface area contributed by atoms with Crippen molar-refractivity contribution in [1.82, 2.24) is 14.8 Å². The smallest absolute Gasteiger partial charge is 0.273 e. The second-order valence-corrected chi connectivity index (χ2v) is 8.30. The van der Waals surface area contributed by atoms with Gasteiger partial charge in [0.05, 0.1) is 6.04 Å². The number of carbonyl (C=O) groups excluding carboxylic acids is 2. The maximum absolute atomic E-state index is 12.8. The summed E-state index contributed by atoms with van der Waals surface area (Å²) in [4.78, 5) is 33.5. The molecule has 2 aliphatic heterocycles. The number of aryl methyl sites for hydroxylation is 1. The van der Waals surface area contributed by atoms with E-state index in [4.69, 9.17) is 5.73 Å². The summed E-state index contributed by atoms with van der Waals surface area (Å²) < 4.78 is 0.